The number of rotatable bonds is 20. The van der Waals surface area contributed by atoms with Crippen molar-refractivity contribution < 1.29 is 34.2 Å². The maximum Gasteiger partial charge on any atom is 0.326 e. The average molecular weight is 521 g/mol. The summed E-state index contributed by atoms with van der Waals surface area (Å²) in [5, 5.41) is 25.8. The van der Waals surface area contributed by atoms with E-state index >= 15 is 0 Å². The fourth-order valence-electron chi connectivity index (χ4n) is 3.12. The first-order valence-electron chi connectivity index (χ1n) is 11.6. The maximum absolute atomic E-state index is 13.0. The summed E-state index contributed by atoms with van der Waals surface area (Å²) in [5.74, 6) is -4.05. The molecule has 0 saturated heterocycles. The highest BCUT2D eigenvalue weighted by atomic mass is 32.2. The molecule has 0 heterocycles. The van der Waals surface area contributed by atoms with Gasteiger partial charge in [-0.2, -0.15) is 11.8 Å². The number of hydrogen-bond acceptors (Lipinski definition) is 9. The van der Waals surface area contributed by atoms with Gasteiger partial charge in [-0.1, -0.05) is 0 Å². The van der Waals surface area contributed by atoms with Crippen molar-refractivity contribution in [2.24, 2.45) is 17.2 Å². The lowest BCUT2D eigenvalue weighted by atomic mass is 10.0. The second kappa shape index (κ2) is 18.9. The van der Waals surface area contributed by atoms with E-state index in [1.54, 1.807) is 0 Å². The molecule has 0 aromatic heterocycles. The Labute approximate surface area is 209 Å². The lowest BCUT2D eigenvalue weighted by Gasteiger charge is -2.25. The van der Waals surface area contributed by atoms with Crippen molar-refractivity contribution >= 4 is 41.4 Å². The fraction of sp³-hybridized carbons (Fsp3) is 0.762. The molecule has 0 radical (unpaired) electrons. The molecule has 202 valence electrons. The van der Waals surface area contributed by atoms with Crippen LogP contribution in [0.3, 0.4) is 0 Å². The van der Waals surface area contributed by atoms with Crippen LogP contribution in [0.2, 0.25) is 0 Å². The van der Waals surface area contributed by atoms with Crippen LogP contribution in [0.15, 0.2) is 0 Å². The molecule has 0 aromatic carbocycles. The standard InChI is InChI=1S/C21H40N6O7S/c1-35-11-8-16(21(33)34)27-20(32)15(7-3-5-10-23)26-19(31)14(6-2-4-9-22)25-18(30)13(24)12-17(28)29/h13-16H,2-12,22-24H2,1H3,(H,25,30)(H,26,31)(H,27,32)(H,28,29)(H,33,34). The van der Waals surface area contributed by atoms with Gasteiger partial charge in [-0.15, -0.1) is 0 Å². The largest absolute Gasteiger partial charge is 0.481 e. The van der Waals surface area contributed by atoms with Gasteiger partial charge in [0, 0.05) is 0 Å². The number of unbranched alkanes of at least 4 members (excludes halogenated alkanes) is 2. The predicted octanol–water partition coefficient (Wildman–Crippen LogP) is -1.66. The zero-order valence-corrected chi connectivity index (χ0v) is 21.0. The van der Waals surface area contributed by atoms with E-state index in [2.05, 4.69) is 16.0 Å². The molecule has 13 nitrogen and oxygen atoms in total. The van der Waals surface area contributed by atoms with Crippen LogP contribution >= 0.6 is 11.8 Å². The third kappa shape index (κ3) is 14.5. The molecule has 4 atom stereocenters. The number of aliphatic carboxylic acids is 2. The summed E-state index contributed by atoms with van der Waals surface area (Å²) in [7, 11) is 0. The van der Waals surface area contributed by atoms with Gasteiger partial charge in [0.2, 0.25) is 17.7 Å². The Bertz CT molecular complexity index is 697. The van der Waals surface area contributed by atoms with Gasteiger partial charge in [0.1, 0.15) is 18.1 Å². The highest BCUT2D eigenvalue weighted by molar-refractivity contribution is 7.98. The predicted molar refractivity (Wildman–Crippen MR) is 132 cm³/mol. The minimum Gasteiger partial charge on any atom is -0.481 e. The first-order chi connectivity index (χ1) is 16.6. The number of nitrogens with one attached hydrogen (secondary N) is 3. The van der Waals surface area contributed by atoms with Crippen molar-refractivity contribution in [2.45, 2.75) is 75.5 Å². The molecule has 0 aliphatic heterocycles. The minimum absolute atomic E-state index is 0.192. The Morgan fingerprint density at radius 2 is 1.20 bits per heavy atom. The van der Waals surface area contributed by atoms with Crippen LogP contribution in [0.5, 0.6) is 0 Å². The highest BCUT2D eigenvalue weighted by Gasteiger charge is 2.30. The topological polar surface area (TPSA) is 240 Å². The normalized spacial score (nSPS) is 14.3. The van der Waals surface area contributed by atoms with E-state index in [-0.39, 0.29) is 19.3 Å². The van der Waals surface area contributed by atoms with E-state index in [9.17, 15) is 29.1 Å². The van der Waals surface area contributed by atoms with E-state index in [1.165, 1.54) is 11.8 Å². The van der Waals surface area contributed by atoms with Crippen LogP contribution in [0.4, 0.5) is 0 Å². The molecule has 3 amide bonds. The monoisotopic (exact) mass is 520 g/mol. The Morgan fingerprint density at radius 1 is 0.743 bits per heavy atom. The number of hydrogen-bond donors (Lipinski definition) is 8. The van der Waals surface area contributed by atoms with Gasteiger partial charge in [0.15, 0.2) is 0 Å². The van der Waals surface area contributed by atoms with Crippen LogP contribution < -0.4 is 33.2 Å². The third-order valence-corrected chi connectivity index (χ3v) is 5.76. The fourth-order valence-corrected chi connectivity index (χ4v) is 3.59. The van der Waals surface area contributed by atoms with E-state index in [0.29, 0.717) is 44.5 Å². The van der Waals surface area contributed by atoms with Crippen molar-refractivity contribution in [3.8, 4) is 0 Å². The maximum atomic E-state index is 13.0. The molecule has 0 rings (SSSR count). The summed E-state index contributed by atoms with van der Waals surface area (Å²) in [4.78, 5) is 60.6. The molecule has 0 saturated carbocycles. The number of thioether (sulfide) groups is 1. The summed E-state index contributed by atoms with van der Waals surface area (Å²) >= 11 is 1.44. The van der Waals surface area contributed by atoms with E-state index in [1.807, 2.05) is 6.26 Å². The van der Waals surface area contributed by atoms with Crippen molar-refractivity contribution in [3.05, 3.63) is 0 Å². The van der Waals surface area contributed by atoms with Crippen molar-refractivity contribution in [3.63, 3.8) is 0 Å². The van der Waals surface area contributed by atoms with Gasteiger partial charge < -0.3 is 43.4 Å². The van der Waals surface area contributed by atoms with Crippen LogP contribution in [0, 0.1) is 0 Å². The molecule has 4 unspecified atom stereocenters. The van der Waals surface area contributed by atoms with Crippen LogP contribution in [-0.2, 0) is 24.0 Å². The number of carbonyl (C=O) groups is 5. The molecule has 0 fully saturated rings. The van der Waals surface area contributed by atoms with Crippen molar-refractivity contribution in [1.29, 1.82) is 0 Å². The molecule has 14 heteroatoms. The molecule has 0 aromatic rings. The molecule has 0 spiro atoms. The Balaban J connectivity index is 5.49. The van der Waals surface area contributed by atoms with Gasteiger partial charge in [0.25, 0.3) is 0 Å². The molecule has 0 aliphatic carbocycles. The van der Waals surface area contributed by atoms with Crippen LogP contribution in [-0.4, -0.2) is 89.1 Å². The molecular weight excluding hydrogens is 480 g/mol. The molecular formula is C21H40N6O7S. The number of nitrogens with two attached hydrogens (primary N) is 3. The van der Waals surface area contributed by atoms with Gasteiger partial charge in [-0.3, -0.25) is 19.2 Å². The zero-order chi connectivity index (χ0) is 26.8. The minimum atomic E-state index is -1.35. The summed E-state index contributed by atoms with van der Waals surface area (Å²) in [5.41, 5.74) is 16.6. The SMILES string of the molecule is CSCCC(NC(=O)C(CCCCN)NC(=O)C(CCCCN)NC(=O)C(N)CC(=O)O)C(=O)O. The quantitative estimate of drug-likeness (QED) is 0.0844. The Hall–Kier alpha value is -2.42. The second-order valence-electron chi connectivity index (χ2n) is 8.08. The Morgan fingerprint density at radius 3 is 1.60 bits per heavy atom. The number of carboxylic acid groups (broad SMARTS) is 2. The number of carboxylic acids is 2. The highest BCUT2D eigenvalue weighted by Crippen LogP contribution is 2.08. The lowest BCUT2D eigenvalue weighted by molar-refractivity contribution is -0.142. The third-order valence-electron chi connectivity index (χ3n) is 5.12. The van der Waals surface area contributed by atoms with Gasteiger partial charge >= 0.3 is 11.9 Å². The van der Waals surface area contributed by atoms with Crippen LogP contribution in [0.1, 0.15) is 51.4 Å². The smallest absolute Gasteiger partial charge is 0.326 e. The van der Waals surface area contributed by atoms with Crippen molar-refractivity contribution in [1.82, 2.24) is 16.0 Å². The lowest BCUT2D eigenvalue weighted by Crippen LogP contribution is -2.57. The zero-order valence-electron chi connectivity index (χ0n) is 20.2. The number of amides is 3. The summed E-state index contributed by atoms with van der Waals surface area (Å²) in [6, 6.07) is -4.59. The van der Waals surface area contributed by atoms with E-state index < -0.39 is 60.2 Å². The number of carbonyl (C=O) groups excluding carboxylic acids is 3. The van der Waals surface area contributed by atoms with E-state index in [0.717, 1.165) is 0 Å². The second-order valence-corrected chi connectivity index (χ2v) is 9.06. The molecule has 0 aliphatic rings. The van der Waals surface area contributed by atoms with Gasteiger partial charge in [0.05, 0.1) is 12.5 Å². The van der Waals surface area contributed by atoms with Crippen molar-refractivity contribution in [2.75, 3.05) is 25.1 Å². The summed E-state index contributed by atoms with van der Waals surface area (Å²) in [6.45, 7) is 0.755. The average Bonchev–Trinajstić information content (AvgIpc) is 2.79. The summed E-state index contributed by atoms with van der Waals surface area (Å²) in [6.07, 6.45) is 3.99. The van der Waals surface area contributed by atoms with Gasteiger partial charge in [-0.05, 0) is 70.0 Å². The van der Waals surface area contributed by atoms with Crippen LogP contribution in [0.25, 0.3) is 0 Å². The molecule has 0 bridgehead atoms. The molecule has 35 heavy (non-hydrogen) atoms. The first-order valence-corrected chi connectivity index (χ1v) is 13.0. The van der Waals surface area contributed by atoms with Gasteiger partial charge in [-0.25, -0.2) is 4.79 Å². The first kappa shape index (κ1) is 32.6. The Kier molecular flexibility index (Phi) is 17.5. The summed E-state index contributed by atoms with van der Waals surface area (Å²) < 4.78 is 0. The molecule has 11 N–H and O–H groups in total. The van der Waals surface area contributed by atoms with E-state index in [4.69, 9.17) is 22.3 Å².